The summed E-state index contributed by atoms with van der Waals surface area (Å²) in [6.07, 6.45) is 2.40. The number of thioether (sulfide) groups is 1. The summed E-state index contributed by atoms with van der Waals surface area (Å²) in [5.41, 5.74) is 1.42. The van der Waals surface area contributed by atoms with Gasteiger partial charge in [0.2, 0.25) is 0 Å². The number of hydrogen-bond donors (Lipinski definition) is 1. The van der Waals surface area contributed by atoms with E-state index in [-0.39, 0.29) is 0 Å². The quantitative estimate of drug-likeness (QED) is 0.667. The van der Waals surface area contributed by atoms with Gasteiger partial charge in [0.05, 0.1) is 0 Å². The van der Waals surface area contributed by atoms with Gasteiger partial charge in [0.15, 0.2) is 0 Å². The van der Waals surface area contributed by atoms with E-state index in [2.05, 4.69) is 64.2 Å². The first kappa shape index (κ1) is 16.6. The Hall–Kier alpha value is -0.470. The lowest BCUT2D eigenvalue weighted by atomic mass is 10.0. The summed E-state index contributed by atoms with van der Waals surface area (Å²) in [4.78, 5) is 1.38. The predicted molar refractivity (Wildman–Crippen MR) is 88.2 cm³/mol. The molecule has 0 aliphatic carbocycles. The molecule has 0 fully saturated rings. The molecule has 0 saturated carbocycles. The molecule has 2 heteroatoms. The Bertz CT molecular complexity index is 345. The molecule has 0 heterocycles. The Kier molecular flexibility index (Phi) is 7.55. The van der Waals surface area contributed by atoms with Crippen LogP contribution in [0.2, 0.25) is 0 Å². The molecule has 1 aromatic rings. The molecule has 0 radical (unpaired) electrons. The molecule has 0 aliphatic heterocycles. The van der Waals surface area contributed by atoms with Crippen LogP contribution in [0.1, 0.15) is 58.9 Å². The minimum Gasteiger partial charge on any atom is -0.313 e. The van der Waals surface area contributed by atoms with Crippen LogP contribution in [-0.4, -0.2) is 17.8 Å². The van der Waals surface area contributed by atoms with Crippen LogP contribution in [0, 0.1) is 0 Å². The van der Waals surface area contributed by atoms with Crippen molar-refractivity contribution in [3.63, 3.8) is 0 Å². The number of nitrogens with one attached hydrogen (secondary N) is 1. The summed E-state index contributed by atoms with van der Waals surface area (Å²) in [6.45, 7) is 12.4. The van der Waals surface area contributed by atoms with Crippen molar-refractivity contribution in [1.29, 1.82) is 0 Å². The molecule has 0 amide bonds. The Balaban J connectivity index is 2.57. The molecule has 2 unspecified atom stereocenters. The van der Waals surface area contributed by atoms with Crippen LogP contribution >= 0.6 is 11.8 Å². The van der Waals surface area contributed by atoms with Crippen molar-refractivity contribution < 1.29 is 0 Å². The van der Waals surface area contributed by atoms with E-state index in [1.807, 2.05) is 11.8 Å². The van der Waals surface area contributed by atoms with Gasteiger partial charge in [0.25, 0.3) is 0 Å². The second-order valence-corrected chi connectivity index (χ2v) is 6.97. The number of rotatable bonds is 8. The highest BCUT2D eigenvalue weighted by Crippen LogP contribution is 2.27. The van der Waals surface area contributed by atoms with Gasteiger partial charge in [-0.2, -0.15) is 0 Å². The van der Waals surface area contributed by atoms with Gasteiger partial charge in [-0.25, -0.2) is 0 Å². The van der Waals surface area contributed by atoms with Gasteiger partial charge in [0.1, 0.15) is 0 Å². The van der Waals surface area contributed by atoms with Gasteiger partial charge in [0, 0.05) is 16.2 Å². The average Bonchev–Trinajstić information content (AvgIpc) is 2.40. The average molecular weight is 279 g/mol. The van der Waals surface area contributed by atoms with Crippen LogP contribution in [0.15, 0.2) is 29.2 Å². The minimum atomic E-state index is 0.606. The Labute approximate surface area is 123 Å². The van der Waals surface area contributed by atoms with Crippen LogP contribution in [0.3, 0.4) is 0 Å². The Morgan fingerprint density at radius 1 is 1.05 bits per heavy atom. The second-order valence-electron chi connectivity index (χ2n) is 5.52. The van der Waals surface area contributed by atoms with Crippen molar-refractivity contribution in [1.82, 2.24) is 5.32 Å². The van der Waals surface area contributed by atoms with E-state index in [4.69, 9.17) is 0 Å². The van der Waals surface area contributed by atoms with E-state index >= 15 is 0 Å². The van der Waals surface area contributed by atoms with E-state index in [1.54, 1.807) is 0 Å². The molecule has 0 saturated heterocycles. The van der Waals surface area contributed by atoms with Gasteiger partial charge >= 0.3 is 0 Å². The summed E-state index contributed by atoms with van der Waals surface area (Å²) in [6, 6.07) is 9.67. The normalized spacial score (nSPS) is 14.6. The summed E-state index contributed by atoms with van der Waals surface area (Å²) < 4.78 is 0. The fourth-order valence-electron chi connectivity index (χ4n) is 2.20. The molecule has 0 aromatic heterocycles. The topological polar surface area (TPSA) is 12.0 Å². The van der Waals surface area contributed by atoms with Crippen LogP contribution in [0.5, 0.6) is 0 Å². The second kappa shape index (κ2) is 8.65. The molecular weight excluding hydrogens is 250 g/mol. The van der Waals surface area contributed by atoms with Crippen molar-refractivity contribution in [3.8, 4) is 0 Å². The van der Waals surface area contributed by atoms with Crippen LogP contribution in [0.25, 0.3) is 0 Å². The highest BCUT2D eigenvalue weighted by Gasteiger charge is 2.15. The summed E-state index contributed by atoms with van der Waals surface area (Å²) in [5.74, 6) is 0.617. The SMILES string of the molecule is CCCNC(CC)C(C)Sc1ccc(C(C)C)cc1. The van der Waals surface area contributed by atoms with E-state index in [1.165, 1.54) is 23.3 Å². The fourth-order valence-corrected chi connectivity index (χ4v) is 3.38. The molecule has 0 aliphatic rings. The fraction of sp³-hybridized carbons (Fsp3) is 0.647. The highest BCUT2D eigenvalue weighted by atomic mass is 32.2. The summed E-state index contributed by atoms with van der Waals surface area (Å²) >= 11 is 1.98. The van der Waals surface area contributed by atoms with Gasteiger partial charge < -0.3 is 5.32 Å². The Morgan fingerprint density at radius 2 is 1.68 bits per heavy atom. The lowest BCUT2D eigenvalue weighted by Crippen LogP contribution is -2.36. The smallest absolute Gasteiger partial charge is 0.0220 e. The van der Waals surface area contributed by atoms with Gasteiger partial charge in [-0.1, -0.05) is 46.8 Å². The maximum Gasteiger partial charge on any atom is 0.0220 e. The number of hydrogen-bond acceptors (Lipinski definition) is 2. The molecular formula is C17H29NS. The Morgan fingerprint density at radius 3 is 2.16 bits per heavy atom. The lowest BCUT2D eigenvalue weighted by Gasteiger charge is -2.23. The van der Waals surface area contributed by atoms with Gasteiger partial charge in [-0.15, -0.1) is 11.8 Å². The van der Waals surface area contributed by atoms with Crippen LogP contribution in [-0.2, 0) is 0 Å². The van der Waals surface area contributed by atoms with E-state index < -0.39 is 0 Å². The zero-order valence-corrected chi connectivity index (χ0v) is 13.9. The zero-order chi connectivity index (χ0) is 14.3. The highest BCUT2D eigenvalue weighted by molar-refractivity contribution is 8.00. The standard InChI is InChI=1S/C17H29NS/c1-6-12-18-17(7-2)14(5)19-16-10-8-15(9-11-16)13(3)4/h8-11,13-14,17-18H,6-7,12H2,1-5H3. The molecule has 19 heavy (non-hydrogen) atoms. The van der Waals surface area contributed by atoms with E-state index in [0.29, 0.717) is 17.2 Å². The lowest BCUT2D eigenvalue weighted by molar-refractivity contribution is 0.494. The van der Waals surface area contributed by atoms with E-state index in [0.717, 1.165) is 6.54 Å². The molecule has 2 atom stereocenters. The maximum absolute atomic E-state index is 3.65. The van der Waals surface area contributed by atoms with Crippen molar-refractivity contribution in [2.75, 3.05) is 6.54 Å². The third kappa shape index (κ3) is 5.58. The first-order valence-corrected chi connectivity index (χ1v) is 8.46. The van der Waals surface area contributed by atoms with Crippen molar-refractivity contribution in [2.45, 2.75) is 69.6 Å². The number of benzene rings is 1. The van der Waals surface area contributed by atoms with Crippen molar-refractivity contribution in [3.05, 3.63) is 29.8 Å². The third-order valence-corrected chi connectivity index (χ3v) is 4.78. The molecule has 0 bridgehead atoms. The first-order chi connectivity index (χ1) is 9.08. The minimum absolute atomic E-state index is 0.606. The maximum atomic E-state index is 3.65. The van der Waals surface area contributed by atoms with Crippen LogP contribution < -0.4 is 5.32 Å². The predicted octanol–water partition coefficient (Wildman–Crippen LogP) is 5.07. The molecule has 1 nitrogen and oxygen atoms in total. The molecule has 1 aromatic carbocycles. The van der Waals surface area contributed by atoms with Gasteiger partial charge in [-0.3, -0.25) is 0 Å². The van der Waals surface area contributed by atoms with Crippen LogP contribution in [0.4, 0.5) is 0 Å². The van der Waals surface area contributed by atoms with Gasteiger partial charge in [-0.05, 0) is 43.0 Å². The summed E-state index contributed by atoms with van der Waals surface area (Å²) in [7, 11) is 0. The molecule has 1 N–H and O–H groups in total. The summed E-state index contributed by atoms with van der Waals surface area (Å²) in [5, 5.41) is 4.26. The van der Waals surface area contributed by atoms with E-state index in [9.17, 15) is 0 Å². The third-order valence-electron chi connectivity index (χ3n) is 3.53. The zero-order valence-electron chi connectivity index (χ0n) is 13.1. The first-order valence-electron chi connectivity index (χ1n) is 7.58. The monoisotopic (exact) mass is 279 g/mol. The molecule has 0 spiro atoms. The molecule has 1 rings (SSSR count). The molecule has 108 valence electrons. The van der Waals surface area contributed by atoms with Crippen molar-refractivity contribution >= 4 is 11.8 Å². The van der Waals surface area contributed by atoms with Crippen molar-refractivity contribution in [2.24, 2.45) is 0 Å². The largest absolute Gasteiger partial charge is 0.313 e.